The number of rotatable bonds is 5. The fraction of sp³-hybridized carbons (Fsp3) is 0.769. The van der Waals surface area contributed by atoms with Crippen LogP contribution in [0.2, 0.25) is 0 Å². The van der Waals surface area contributed by atoms with Crippen molar-refractivity contribution >= 4 is 17.7 Å². The Balaban J connectivity index is 2.39. The highest BCUT2D eigenvalue weighted by Crippen LogP contribution is 1.97. The van der Waals surface area contributed by atoms with Crippen LogP contribution in [-0.2, 0) is 19.1 Å². The predicted octanol–water partition coefficient (Wildman–Crippen LogP) is -1.92. The molecule has 1 rings (SSSR count). The Morgan fingerprint density at radius 1 is 1.29 bits per heavy atom. The SMILES string of the molecule is COCCNC(=O)C(C)NC(=O)C(=O)N1CCCNCC1. The van der Waals surface area contributed by atoms with Gasteiger partial charge < -0.3 is 25.6 Å². The largest absolute Gasteiger partial charge is 0.383 e. The Morgan fingerprint density at radius 3 is 2.76 bits per heavy atom. The van der Waals surface area contributed by atoms with Crippen LogP contribution in [0.4, 0.5) is 0 Å². The average Bonchev–Trinajstić information content (AvgIpc) is 2.75. The van der Waals surface area contributed by atoms with Crippen LogP contribution in [0.25, 0.3) is 0 Å². The monoisotopic (exact) mass is 300 g/mol. The summed E-state index contributed by atoms with van der Waals surface area (Å²) in [5, 5.41) is 8.18. The van der Waals surface area contributed by atoms with Crippen molar-refractivity contribution < 1.29 is 19.1 Å². The van der Waals surface area contributed by atoms with Gasteiger partial charge in [0.1, 0.15) is 6.04 Å². The minimum atomic E-state index is -0.761. The number of nitrogens with zero attached hydrogens (tertiary/aromatic N) is 1. The molecule has 1 aliphatic heterocycles. The minimum absolute atomic E-state index is 0.342. The van der Waals surface area contributed by atoms with Crippen LogP contribution in [0.15, 0.2) is 0 Å². The summed E-state index contributed by atoms with van der Waals surface area (Å²) in [7, 11) is 1.53. The van der Waals surface area contributed by atoms with E-state index in [9.17, 15) is 14.4 Å². The first-order valence-corrected chi connectivity index (χ1v) is 7.13. The molecule has 0 aromatic carbocycles. The molecule has 1 saturated heterocycles. The van der Waals surface area contributed by atoms with Crippen molar-refractivity contribution in [2.45, 2.75) is 19.4 Å². The molecule has 1 atom stereocenters. The van der Waals surface area contributed by atoms with Gasteiger partial charge in [-0.25, -0.2) is 0 Å². The number of nitrogens with one attached hydrogen (secondary N) is 3. The summed E-state index contributed by atoms with van der Waals surface area (Å²) < 4.78 is 4.81. The lowest BCUT2D eigenvalue weighted by atomic mass is 10.3. The number of hydrogen-bond donors (Lipinski definition) is 3. The Kier molecular flexibility index (Phi) is 7.70. The van der Waals surface area contributed by atoms with Gasteiger partial charge in [0.25, 0.3) is 0 Å². The summed E-state index contributed by atoms with van der Waals surface area (Å²) in [6.07, 6.45) is 0.812. The Hall–Kier alpha value is -1.67. The van der Waals surface area contributed by atoms with E-state index in [4.69, 9.17) is 4.74 Å². The van der Waals surface area contributed by atoms with Crippen molar-refractivity contribution in [2.75, 3.05) is 46.4 Å². The average molecular weight is 300 g/mol. The smallest absolute Gasteiger partial charge is 0.311 e. The van der Waals surface area contributed by atoms with Gasteiger partial charge in [0, 0.05) is 33.3 Å². The van der Waals surface area contributed by atoms with Crippen molar-refractivity contribution in [3.63, 3.8) is 0 Å². The Labute approximate surface area is 124 Å². The van der Waals surface area contributed by atoms with Crippen LogP contribution in [0.1, 0.15) is 13.3 Å². The van der Waals surface area contributed by atoms with E-state index in [1.165, 1.54) is 18.9 Å². The second-order valence-electron chi connectivity index (χ2n) is 4.87. The fourth-order valence-electron chi connectivity index (χ4n) is 1.95. The number of amides is 3. The summed E-state index contributed by atoms with van der Waals surface area (Å²) in [6, 6.07) is -0.761. The molecule has 0 aliphatic carbocycles. The standard InChI is InChI=1S/C13H24N4O4/c1-10(11(18)15-6-9-21-2)16-12(19)13(20)17-7-3-4-14-5-8-17/h10,14H,3-9H2,1-2H3,(H,15,18)(H,16,19). The van der Waals surface area contributed by atoms with Crippen molar-refractivity contribution in [2.24, 2.45) is 0 Å². The van der Waals surface area contributed by atoms with Crippen molar-refractivity contribution in [1.82, 2.24) is 20.9 Å². The van der Waals surface area contributed by atoms with E-state index in [1.54, 1.807) is 0 Å². The van der Waals surface area contributed by atoms with Crippen LogP contribution in [0.3, 0.4) is 0 Å². The predicted molar refractivity (Wildman–Crippen MR) is 76.6 cm³/mol. The van der Waals surface area contributed by atoms with Gasteiger partial charge in [-0.3, -0.25) is 14.4 Å². The molecule has 1 heterocycles. The van der Waals surface area contributed by atoms with E-state index in [0.29, 0.717) is 32.8 Å². The van der Waals surface area contributed by atoms with Gasteiger partial charge in [0.05, 0.1) is 6.61 Å². The third-order valence-electron chi connectivity index (χ3n) is 3.17. The Morgan fingerprint density at radius 2 is 2.05 bits per heavy atom. The molecular formula is C13H24N4O4. The maximum absolute atomic E-state index is 12.0. The summed E-state index contributed by atoms with van der Waals surface area (Å²) in [5.41, 5.74) is 0. The fourth-order valence-corrected chi connectivity index (χ4v) is 1.95. The maximum atomic E-state index is 12.0. The van der Waals surface area contributed by atoms with E-state index >= 15 is 0 Å². The number of carbonyl (C=O) groups is 3. The zero-order chi connectivity index (χ0) is 15.7. The minimum Gasteiger partial charge on any atom is -0.383 e. The lowest BCUT2D eigenvalue weighted by Crippen LogP contribution is -2.51. The van der Waals surface area contributed by atoms with E-state index in [2.05, 4.69) is 16.0 Å². The third-order valence-corrected chi connectivity index (χ3v) is 3.17. The molecule has 1 aliphatic rings. The number of methoxy groups -OCH3 is 1. The first-order valence-electron chi connectivity index (χ1n) is 7.13. The normalized spacial score (nSPS) is 16.8. The maximum Gasteiger partial charge on any atom is 0.311 e. The van der Waals surface area contributed by atoms with Gasteiger partial charge >= 0.3 is 11.8 Å². The molecule has 3 amide bonds. The second kappa shape index (κ2) is 9.30. The van der Waals surface area contributed by atoms with Gasteiger partial charge in [-0.2, -0.15) is 0 Å². The molecule has 0 aromatic rings. The highest BCUT2D eigenvalue weighted by atomic mass is 16.5. The lowest BCUT2D eigenvalue weighted by molar-refractivity contribution is -0.146. The van der Waals surface area contributed by atoms with E-state index in [-0.39, 0.29) is 5.91 Å². The molecule has 1 fully saturated rings. The van der Waals surface area contributed by atoms with Crippen molar-refractivity contribution in [3.05, 3.63) is 0 Å². The second-order valence-corrected chi connectivity index (χ2v) is 4.87. The zero-order valence-electron chi connectivity index (χ0n) is 12.6. The first-order chi connectivity index (χ1) is 10.1. The molecule has 0 saturated carbocycles. The quantitative estimate of drug-likeness (QED) is 0.406. The first kappa shape index (κ1) is 17.4. The molecule has 0 aromatic heterocycles. The molecule has 0 bridgehead atoms. The molecule has 120 valence electrons. The van der Waals surface area contributed by atoms with Crippen molar-refractivity contribution in [3.8, 4) is 0 Å². The van der Waals surface area contributed by atoms with Crippen LogP contribution in [0, 0.1) is 0 Å². The Bertz CT molecular complexity index is 367. The molecule has 3 N–H and O–H groups in total. The third kappa shape index (κ3) is 6.09. The molecule has 0 radical (unpaired) electrons. The number of ether oxygens (including phenoxy) is 1. The van der Waals surface area contributed by atoms with Gasteiger partial charge in [-0.1, -0.05) is 0 Å². The number of carbonyl (C=O) groups excluding carboxylic acids is 3. The summed E-state index contributed by atoms with van der Waals surface area (Å²) in [5.74, 6) is -1.67. The molecule has 1 unspecified atom stereocenters. The highest BCUT2D eigenvalue weighted by Gasteiger charge is 2.25. The highest BCUT2D eigenvalue weighted by molar-refractivity contribution is 6.35. The summed E-state index contributed by atoms with van der Waals surface area (Å²) in [6.45, 7) is 4.86. The van der Waals surface area contributed by atoms with Crippen molar-refractivity contribution in [1.29, 1.82) is 0 Å². The topological polar surface area (TPSA) is 99.8 Å². The molecule has 0 spiro atoms. The molecule has 8 nitrogen and oxygen atoms in total. The molecule has 8 heteroatoms. The van der Waals surface area contributed by atoms with E-state index in [1.807, 2.05) is 0 Å². The lowest BCUT2D eigenvalue weighted by Gasteiger charge is -2.20. The van der Waals surface area contributed by atoms with Gasteiger partial charge in [0.2, 0.25) is 5.91 Å². The van der Waals surface area contributed by atoms with E-state index in [0.717, 1.165) is 13.0 Å². The zero-order valence-corrected chi connectivity index (χ0v) is 12.6. The van der Waals surface area contributed by atoms with Crippen LogP contribution >= 0.6 is 0 Å². The van der Waals surface area contributed by atoms with E-state index < -0.39 is 17.9 Å². The van der Waals surface area contributed by atoms with Crippen LogP contribution in [-0.4, -0.2) is 75.1 Å². The van der Waals surface area contributed by atoms with Crippen LogP contribution in [0.5, 0.6) is 0 Å². The van der Waals surface area contributed by atoms with Gasteiger partial charge in [0.15, 0.2) is 0 Å². The summed E-state index contributed by atoms with van der Waals surface area (Å²) in [4.78, 5) is 37.1. The number of hydrogen-bond acceptors (Lipinski definition) is 5. The molecule has 21 heavy (non-hydrogen) atoms. The van der Waals surface area contributed by atoms with Crippen LogP contribution < -0.4 is 16.0 Å². The van der Waals surface area contributed by atoms with Gasteiger partial charge in [-0.05, 0) is 19.9 Å². The van der Waals surface area contributed by atoms with Gasteiger partial charge in [-0.15, -0.1) is 0 Å². The summed E-state index contributed by atoms with van der Waals surface area (Å²) >= 11 is 0. The molecular weight excluding hydrogens is 276 g/mol.